The van der Waals surface area contributed by atoms with E-state index in [0.717, 1.165) is 6.42 Å². The van der Waals surface area contributed by atoms with E-state index in [1.165, 1.54) is 5.56 Å². The summed E-state index contributed by atoms with van der Waals surface area (Å²) in [5.41, 5.74) is 1.20. The molecular formula is C11H14NO2-. The zero-order chi connectivity index (χ0) is 10.4. The summed E-state index contributed by atoms with van der Waals surface area (Å²) in [4.78, 5) is 10.2. The third-order valence-electron chi connectivity index (χ3n) is 1.98. The molecule has 0 spiro atoms. The van der Waals surface area contributed by atoms with E-state index in [2.05, 4.69) is 5.32 Å². The van der Waals surface area contributed by atoms with Crippen LogP contribution in [-0.2, 0) is 11.2 Å². The van der Waals surface area contributed by atoms with Gasteiger partial charge in [0.2, 0.25) is 0 Å². The summed E-state index contributed by atoms with van der Waals surface area (Å²) in [5, 5.41) is 13.1. The van der Waals surface area contributed by atoms with Crippen LogP contribution < -0.4 is 10.4 Å². The fraction of sp³-hybridized carbons (Fsp3) is 0.364. The molecule has 1 unspecified atom stereocenters. The number of aliphatic carboxylic acids is 1. The van der Waals surface area contributed by atoms with Crippen molar-refractivity contribution in [3.8, 4) is 0 Å². The highest BCUT2D eigenvalue weighted by Gasteiger charge is 2.01. The summed E-state index contributed by atoms with van der Waals surface area (Å²) in [7, 11) is 0. The Morgan fingerprint density at radius 3 is 2.64 bits per heavy atom. The number of carboxylic acids is 1. The minimum Gasteiger partial charge on any atom is -0.549 e. The van der Waals surface area contributed by atoms with Crippen LogP contribution in [0.25, 0.3) is 0 Å². The largest absolute Gasteiger partial charge is 0.549 e. The molecule has 0 saturated heterocycles. The molecule has 1 N–H and O–H groups in total. The first-order chi connectivity index (χ1) is 6.68. The van der Waals surface area contributed by atoms with Crippen LogP contribution in [0.15, 0.2) is 30.3 Å². The molecule has 1 aromatic carbocycles. The normalized spacial score (nSPS) is 12.4. The Kier molecular flexibility index (Phi) is 4.13. The molecule has 0 aromatic heterocycles. The van der Waals surface area contributed by atoms with Gasteiger partial charge in [0.15, 0.2) is 0 Å². The fourth-order valence-corrected chi connectivity index (χ4v) is 1.30. The van der Waals surface area contributed by atoms with Crippen LogP contribution in [0.5, 0.6) is 0 Å². The van der Waals surface area contributed by atoms with E-state index in [1.807, 2.05) is 37.3 Å². The van der Waals surface area contributed by atoms with Crippen molar-refractivity contribution in [2.24, 2.45) is 0 Å². The molecular weight excluding hydrogens is 178 g/mol. The molecule has 0 aliphatic heterocycles. The highest BCUT2D eigenvalue weighted by atomic mass is 16.4. The van der Waals surface area contributed by atoms with Gasteiger partial charge in [-0.15, -0.1) is 0 Å². The van der Waals surface area contributed by atoms with Crippen molar-refractivity contribution in [1.29, 1.82) is 0 Å². The fourth-order valence-electron chi connectivity index (χ4n) is 1.30. The first-order valence-corrected chi connectivity index (χ1v) is 4.65. The van der Waals surface area contributed by atoms with Gasteiger partial charge in [-0.05, 0) is 18.9 Å². The highest BCUT2D eigenvalue weighted by Crippen LogP contribution is 2.02. The topological polar surface area (TPSA) is 52.2 Å². The van der Waals surface area contributed by atoms with Gasteiger partial charge in [0.1, 0.15) is 0 Å². The van der Waals surface area contributed by atoms with Crippen LogP contribution in [0.2, 0.25) is 0 Å². The van der Waals surface area contributed by atoms with E-state index in [-0.39, 0.29) is 12.6 Å². The van der Waals surface area contributed by atoms with Gasteiger partial charge < -0.3 is 15.2 Å². The molecule has 0 fully saturated rings. The van der Waals surface area contributed by atoms with E-state index < -0.39 is 5.97 Å². The second-order valence-corrected chi connectivity index (χ2v) is 3.34. The summed E-state index contributed by atoms with van der Waals surface area (Å²) in [5.74, 6) is -1.06. The minimum atomic E-state index is -1.06. The van der Waals surface area contributed by atoms with Gasteiger partial charge in [0.25, 0.3) is 0 Å². The third-order valence-corrected chi connectivity index (χ3v) is 1.98. The number of nitrogens with one attached hydrogen (secondary N) is 1. The summed E-state index contributed by atoms with van der Waals surface area (Å²) in [6.07, 6.45) is 0.828. The number of carbonyl (C=O) groups is 1. The SMILES string of the molecule is CC(Cc1ccccc1)NCC(=O)[O-]. The first-order valence-electron chi connectivity index (χ1n) is 4.65. The van der Waals surface area contributed by atoms with E-state index in [0.29, 0.717) is 0 Å². The maximum atomic E-state index is 10.2. The summed E-state index contributed by atoms with van der Waals surface area (Å²) >= 11 is 0. The third kappa shape index (κ3) is 4.05. The Hall–Kier alpha value is -1.35. The quantitative estimate of drug-likeness (QED) is 0.712. The van der Waals surface area contributed by atoms with Crippen molar-refractivity contribution in [1.82, 2.24) is 5.32 Å². The number of benzene rings is 1. The van der Waals surface area contributed by atoms with Crippen molar-refractivity contribution in [2.75, 3.05) is 6.54 Å². The highest BCUT2D eigenvalue weighted by molar-refractivity contribution is 5.66. The zero-order valence-electron chi connectivity index (χ0n) is 8.19. The molecule has 0 radical (unpaired) electrons. The van der Waals surface area contributed by atoms with Gasteiger partial charge in [-0.3, -0.25) is 0 Å². The smallest absolute Gasteiger partial charge is 0.0552 e. The van der Waals surface area contributed by atoms with Gasteiger partial charge in [-0.2, -0.15) is 0 Å². The van der Waals surface area contributed by atoms with Crippen molar-refractivity contribution in [2.45, 2.75) is 19.4 Å². The average Bonchev–Trinajstić information content (AvgIpc) is 2.16. The first kappa shape index (κ1) is 10.7. The molecule has 76 valence electrons. The summed E-state index contributed by atoms with van der Waals surface area (Å²) < 4.78 is 0. The van der Waals surface area contributed by atoms with Crippen molar-refractivity contribution >= 4 is 5.97 Å². The summed E-state index contributed by atoms with van der Waals surface area (Å²) in [6.45, 7) is 1.87. The molecule has 0 aliphatic carbocycles. The second-order valence-electron chi connectivity index (χ2n) is 3.34. The van der Waals surface area contributed by atoms with Crippen LogP contribution in [0.3, 0.4) is 0 Å². The lowest BCUT2D eigenvalue weighted by Crippen LogP contribution is -2.39. The lowest BCUT2D eigenvalue weighted by Gasteiger charge is -2.13. The van der Waals surface area contributed by atoms with Crippen molar-refractivity contribution < 1.29 is 9.90 Å². The minimum absolute atomic E-state index is 0.0893. The van der Waals surface area contributed by atoms with Gasteiger partial charge in [0.05, 0.1) is 5.97 Å². The monoisotopic (exact) mass is 192 g/mol. The number of rotatable bonds is 5. The van der Waals surface area contributed by atoms with E-state index in [1.54, 1.807) is 0 Å². The van der Waals surface area contributed by atoms with Crippen molar-refractivity contribution in [3.63, 3.8) is 0 Å². The van der Waals surface area contributed by atoms with Gasteiger partial charge in [0, 0.05) is 12.6 Å². The van der Waals surface area contributed by atoms with Crippen LogP contribution in [-0.4, -0.2) is 18.6 Å². The van der Waals surface area contributed by atoms with Crippen LogP contribution in [0, 0.1) is 0 Å². The molecule has 14 heavy (non-hydrogen) atoms. The Morgan fingerprint density at radius 2 is 2.07 bits per heavy atom. The molecule has 1 atom stereocenters. The molecule has 0 bridgehead atoms. The molecule has 3 nitrogen and oxygen atoms in total. The standard InChI is InChI=1S/C11H15NO2/c1-9(12-8-11(13)14)7-10-5-3-2-4-6-10/h2-6,9,12H,7-8H2,1H3,(H,13,14)/p-1. The van der Waals surface area contributed by atoms with Gasteiger partial charge in [-0.1, -0.05) is 30.3 Å². The van der Waals surface area contributed by atoms with Crippen LogP contribution >= 0.6 is 0 Å². The van der Waals surface area contributed by atoms with Gasteiger partial charge >= 0.3 is 0 Å². The lowest BCUT2D eigenvalue weighted by molar-refractivity contribution is -0.304. The predicted molar refractivity (Wildman–Crippen MR) is 52.6 cm³/mol. The van der Waals surface area contributed by atoms with Crippen LogP contribution in [0.1, 0.15) is 12.5 Å². The molecule has 3 heteroatoms. The van der Waals surface area contributed by atoms with Crippen molar-refractivity contribution in [3.05, 3.63) is 35.9 Å². The zero-order valence-corrected chi connectivity index (χ0v) is 8.19. The summed E-state index contributed by atoms with van der Waals surface area (Å²) in [6, 6.07) is 10.1. The molecule has 0 aliphatic rings. The van der Waals surface area contributed by atoms with E-state index >= 15 is 0 Å². The maximum absolute atomic E-state index is 10.2. The molecule has 1 aromatic rings. The molecule has 0 heterocycles. The lowest BCUT2D eigenvalue weighted by atomic mass is 10.1. The predicted octanol–water partition coefficient (Wildman–Crippen LogP) is -0.0429. The van der Waals surface area contributed by atoms with Gasteiger partial charge in [-0.25, -0.2) is 0 Å². The number of carbonyl (C=O) groups excluding carboxylic acids is 1. The van der Waals surface area contributed by atoms with E-state index in [4.69, 9.17) is 0 Å². The Labute approximate surface area is 83.8 Å². The molecule has 0 amide bonds. The maximum Gasteiger partial charge on any atom is 0.0552 e. The average molecular weight is 192 g/mol. The van der Waals surface area contributed by atoms with Crippen LogP contribution in [0.4, 0.5) is 0 Å². The Morgan fingerprint density at radius 1 is 1.43 bits per heavy atom. The van der Waals surface area contributed by atoms with E-state index in [9.17, 15) is 9.90 Å². The molecule has 1 rings (SSSR count). The second kappa shape index (κ2) is 5.40. The number of hydrogen-bond donors (Lipinski definition) is 1. The number of hydrogen-bond acceptors (Lipinski definition) is 3. The molecule has 0 saturated carbocycles. The Balaban J connectivity index is 2.34. The number of carboxylic acid groups (broad SMARTS) is 1. The Bertz CT molecular complexity index is 285.